The summed E-state index contributed by atoms with van der Waals surface area (Å²) in [6, 6.07) is 4.81. The minimum absolute atomic E-state index is 0.0116. The molecule has 0 saturated carbocycles. The smallest absolute Gasteiger partial charge is 0.293 e. The highest BCUT2D eigenvalue weighted by molar-refractivity contribution is 5.95. The molecule has 1 N–H and O–H groups in total. The molecule has 8 heteroatoms. The van der Waals surface area contributed by atoms with Gasteiger partial charge in [-0.1, -0.05) is 0 Å². The second-order valence-corrected chi connectivity index (χ2v) is 6.31. The van der Waals surface area contributed by atoms with E-state index >= 15 is 0 Å². The summed E-state index contributed by atoms with van der Waals surface area (Å²) in [6.07, 6.45) is 0. The number of amides is 1. The third-order valence-electron chi connectivity index (χ3n) is 4.68. The molecule has 1 aromatic carbocycles. The molecule has 0 spiro atoms. The van der Waals surface area contributed by atoms with Crippen molar-refractivity contribution in [1.82, 2.24) is 4.90 Å². The van der Waals surface area contributed by atoms with Gasteiger partial charge in [-0.3, -0.25) is 14.9 Å². The molecule has 130 valence electrons. The van der Waals surface area contributed by atoms with Crippen LogP contribution in [0, 0.1) is 10.1 Å². The average Bonchev–Trinajstić information content (AvgIpc) is 2.62. The molecular formula is C16H23N4O4+. The maximum atomic E-state index is 12.6. The van der Waals surface area contributed by atoms with E-state index in [0.29, 0.717) is 50.6 Å². The lowest BCUT2D eigenvalue weighted by Gasteiger charge is -2.30. The van der Waals surface area contributed by atoms with Crippen LogP contribution >= 0.6 is 0 Å². The first kappa shape index (κ1) is 16.7. The van der Waals surface area contributed by atoms with Gasteiger partial charge in [0.15, 0.2) is 0 Å². The van der Waals surface area contributed by atoms with Crippen molar-refractivity contribution < 1.29 is 19.4 Å². The molecule has 0 aliphatic carbocycles. The lowest BCUT2D eigenvalue weighted by atomic mass is 10.1. The number of morpholine rings is 1. The minimum Gasteiger partial charge on any atom is -0.378 e. The number of likely N-dealkylation sites (N-methyl/N-ethyl adjacent to an activating group) is 1. The highest BCUT2D eigenvalue weighted by Gasteiger charge is 2.27. The molecule has 2 aliphatic rings. The zero-order valence-corrected chi connectivity index (χ0v) is 13.9. The number of nitrogens with one attached hydrogen (secondary N) is 1. The summed E-state index contributed by atoms with van der Waals surface area (Å²) >= 11 is 0. The summed E-state index contributed by atoms with van der Waals surface area (Å²) in [6.45, 7) is 5.53. The van der Waals surface area contributed by atoms with Crippen LogP contribution in [0.1, 0.15) is 10.4 Å². The van der Waals surface area contributed by atoms with Crippen LogP contribution in [0.4, 0.5) is 11.4 Å². The summed E-state index contributed by atoms with van der Waals surface area (Å²) in [5.41, 5.74) is 0.934. The Morgan fingerprint density at radius 2 is 1.88 bits per heavy atom. The number of anilines is 1. The number of nitro groups is 1. The van der Waals surface area contributed by atoms with Gasteiger partial charge < -0.3 is 19.4 Å². The minimum atomic E-state index is -0.407. The van der Waals surface area contributed by atoms with Crippen molar-refractivity contribution in [2.75, 3.05) is 64.4 Å². The van der Waals surface area contributed by atoms with Gasteiger partial charge in [-0.2, -0.15) is 0 Å². The van der Waals surface area contributed by atoms with E-state index < -0.39 is 4.92 Å². The molecular weight excluding hydrogens is 312 g/mol. The number of ether oxygens (including phenoxy) is 1. The highest BCUT2D eigenvalue weighted by Crippen LogP contribution is 2.30. The molecule has 0 aromatic heterocycles. The van der Waals surface area contributed by atoms with Crippen LogP contribution in [0.15, 0.2) is 18.2 Å². The number of piperazine rings is 1. The summed E-state index contributed by atoms with van der Waals surface area (Å²) in [7, 11) is 2.10. The van der Waals surface area contributed by atoms with Crippen LogP contribution in [0.5, 0.6) is 0 Å². The van der Waals surface area contributed by atoms with Crippen molar-refractivity contribution in [3.63, 3.8) is 0 Å². The van der Waals surface area contributed by atoms with E-state index in [9.17, 15) is 14.9 Å². The Balaban J connectivity index is 1.83. The summed E-state index contributed by atoms with van der Waals surface area (Å²) in [4.78, 5) is 28.8. The molecule has 3 rings (SSSR count). The maximum Gasteiger partial charge on any atom is 0.293 e. The van der Waals surface area contributed by atoms with Gasteiger partial charge in [0.1, 0.15) is 5.69 Å². The quantitative estimate of drug-likeness (QED) is 0.589. The normalized spacial score (nSPS) is 19.4. The Labute approximate surface area is 140 Å². The number of benzene rings is 1. The van der Waals surface area contributed by atoms with Crippen LogP contribution in [-0.4, -0.2) is 75.3 Å². The van der Waals surface area contributed by atoms with E-state index in [4.69, 9.17) is 4.74 Å². The average molecular weight is 335 g/mol. The van der Waals surface area contributed by atoms with Gasteiger partial charge in [-0.15, -0.1) is 0 Å². The van der Waals surface area contributed by atoms with Gasteiger partial charge in [0.25, 0.3) is 11.6 Å². The van der Waals surface area contributed by atoms with E-state index in [1.807, 2.05) is 4.90 Å². The number of rotatable bonds is 3. The van der Waals surface area contributed by atoms with Crippen molar-refractivity contribution in [1.29, 1.82) is 0 Å². The fourth-order valence-electron chi connectivity index (χ4n) is 3.15. The second kappa shape index (κ2) is 7.14. The third kappa shape index (κ3) is 3.49. The summed E-state index contributed by atoms with van der Waals surface area (Å²) in [5, 5.41) is 11.5. The number of hydrogen-bond donors (Lipinski definition) is 1. The fraction of sp³-hybridized carbons (Fsp3) is 0.562. The highest BCUT2D eigenvalue weighted by atomic mass is 16.6. The van der Waals surface area contributed by atoms with Crippen LogP contribution < -0.4 is 9.80 Å². The van der Waals surface area contributed by atoms with E-state index in [1.165, 1.54) is 11.0 Å². The molecule has 2 saturated heterocycles. The van der Waals surface area contributed by atoms with Gasteiger partial charge in [0, 0.05) is 24.7 Å². The van der Waals surface area contributed by atoms with Gasteiger partial charge >= 0.3 is 0 Å². The van der Waals surface area contributed by atoms with Gasteiger partial charge in [0.05, 0.1) is 51.4 Å². The SMILES string of the molecule is C[NH+]1CCN(C(=O)c2ccc(N3CCOCC3)c([N+](=O)[O-])c2)CC1. The standard InChI is InChI=1S/C16H22N4O4/c1-17-4-6-19(7-5-17)16(21)13-2-3-14(15(12-13)20(22)23)18-8-10-24-11-9-18/h2-3,12H,4-11H2,1H3/p+1. The van der Waals surface area contributed by atoms with E-state index in [2.05, 4.69) is 7.05 Å². The van der Waals surface area contributed by atoms with Crippen LogP contribution in [0.3, 0.4) is 0 Å². The number of quaternary nitrogens is 1. The Morgan fingerprint density at radius 1 is 1.21 bits per heavy atom. The molecule has 0 atom stereocenters. The first-order valence-corrected chi connectivity index (χ1v) is 8.28. The maximum absolute atomic E-state index is 12.6. The van der Waals surface area contributed by atoms with Crippen LogP contribution in [0.25, 0.3) is 0 Å². The van der Waals surface area contributed by atoms with Crippen molar-refractivity contribution in [3.8, 4) is 0 Å². The number of carbonyl (C=O) groups excluding carboxylic acids is 1. The zero-order chi connectivity index (χ0) is 17.1. The number of carbonyl (C=O) groups is 1. The Kier molecular flexibility index (Phi) is 4.96. The molecule has 0 bridgehead atoms. The largest absolute Gasteiger partial charge is 0.378 e. The lowest BCUT2D eigenvalue weighted by molar-refractivity contribution is -0.883. The molecule has 2 heterocycles. The number of nitro benzene ring substituents is 1. The van der Waals surface area contributed by atoms with Crippen LogP contribution in [0.2, 0.25) is 0 Å². The molecule has 2 aliphatic heterocycles. The first-order valence-electron chi connectivity index (χ1n) is 8.28. The Hall–Kier alpha value is -2.19. The molecule has 1 aromatic rings. The van der Waals surface area contributed by atoms with Gasteiger partial charge in [0.2, 0.25) is 0 Å². The molecule has 0 unspecified atom stereocenters. The molecule has 2 fully saturated rings. The van der Waals surface area contributed by atoms with Gasteiger partial charge in [-0.25, -0.2) is 0 Å². The monoisotopic (exact) mass is 335 g/mol. The number of hydrogen-bond acceptors (Lipinski definition) is 5. The van der Waals surface area contributed by atoms with Crippen molar-refractivity contribution >= 4 is 17.3 Å². The van der Waals surface area contributed by atoms with Gasteiger partial charge in [-0.05, 0) is 12.1 Å². The van der Waals surface area contributed by atoms with Crippen molar-refractivity contribution in [2.45, 2.75) is 0 Å². The van der Waals surface area contributed by atoms with Crippen LogP contribution in [-0.2, 0) is 4.74 Å². The topological polar surface area (TPSA) is 80.4 Å². The second-order valence-electron chi connectivity index (χ2n) is 6.31. The summed E-state index contributed by atoms with van der Waals surface area (Å²) < 4.78 is 5.30. The van der Waals surface area contributed by atoms with Crippen molar-refractivity contribution in [3.05, 3.63) is 33.9 Å². The third-order valence-corrected chi connectivity index (χ3v) is 4.68. The fourth-order valence-corrected chi connectivity index (χ4v) is 3.15. The first-order chi connectivity index (χ1) is 11.6. The summed E-state index contributed by atoms with van der Waals surface area (Å²) in [5.74, 6) is -0.126. The van der Waals surface area contributed by atoms with E-state index in [1.54, 1.807) is 17.0 Å². The Morgan fingerprint density at radius 3 is 2.50 bits per heavy atom. The van der Waals surface area contributed by atoms with E-state index in [-0.39, 0.29) is 11.6 Å². The van der Waals surface area contributed by atoms with Crippen molar-refractivity contribution in [2.24, 2.45) is 0 Å². The molecule has 1 amide bonds. The molecule has 8 nitrogen and oxygen atoms in total. The molecule has 24 heavy (non-hydrogen) atoms. The predicted octanol–water partition coefficient (Wildman–Crippen LogP) is -0.598. The number of nitrogens with zero attached hydrogens (tertiary/aromatic N) is 3. The lowest BCUT2D eigenvalue weighted by Crippen LogP contribution is -3.12. The Bertz CT molecular complexity index is 623. The van der Waals surface area contributed by atoms with E-state index in [0.717, 1.165) is 13.1 Å². The predicted molar refractivity (Wildman–Crippen MR) is 88.7 cm³/mol. The zero-order valence-electron chi connectivity index (χ0n) is 13.9. The molecule has 0 radical (unpaired) electrons.